The summed E-state index contributed by atoms with van der Waals surface area (Å²) in [6.07, 6.45) is 2.61. The van der Waals surface area contributed by atoms with E-state index in [0.29, 0.717) is 17.6 Å². The minimum atomic E-state index is -0.353. The lowest BCUT2D eigenvalue weighted by Crippen LogP contribution is -2.50. The molecule has 1 aromatic carbocycles. The molecule has 0 aliphatic carbocycles. The van der Waals surface area contributed by atoms with E-state index in [1.54, 1.807) is 12.1 Å². The van der Waals surface area contributed by atoms with Crippen molar-refractivity contribution in [3.8, 4) is 0 Å². The van der Waals surface area contributed by atoms with E-state index in [1.807, 2.05) is 4.90 Å². The number of carbonyl (C=O) groups is 1. The van der Waals surface area contributed by atoms with Gasteiger partial charge in [-0.1, -0.05) is 6.07 Å². The van der Waals surface area contributed by atoms with Crippen LogP contribution < -0.4 is 0 Å². The zero-order chi connectivity index (χ0) is 17.1. The highest BCUT2D eigenvalue weighted by Crippen LogP contribution is 2.23. The molecule has 5 heteroatoms. The molecule has 2 aliphatic rings. The number of piperazine rings is 1. The topological polar surface area (TPSA) is 26.8 Å². The first kappa shape index (κ1) is 17.4. The summed E-state index contributed by atoms with van der Waals surface area (Å²) in [5, 5.41) is 0. The predicted octanol–water partition coefficient (Wildman–Crippen LogP) is 2.46. The maximum absolute atomic E-state index is 13.3. The molecule has 4 nitrogen and oxygen atoms in total. The van der Waals surface area contributed by atoms with Crippen molar-refractivity contribution < 1.29 is 9.18 Å². The molecule has 0 spiro atoms. The van der Waals surface area contributed by atoms with E-state index < -0.39 is 0 Å². The third-order valence-electron chi connectivity index (χ3n) is 5.54. The molecule has 2 saturated heterocycles. The average molecular weight is 333 g/mol. The lowest BCUT2D eigenvalue weighted by molar-refractivity contribution is 0.0614. The Morgan fingerprint density at radius 1 is 1.08 bits per heavy atom. The summed E-state index contributed by atoms with van der Waals surface area (Å²) < 4.78 is 13.3. The standard InChI is InChI=1S/C19H28FN3O/c1-15-6-7-16(2)23(15)13-10-21-8-11-22(12-9-21)19(24)17-4-3-5-18(20)14-17/h3-5,14-16H,6-13H2,1-2H3/t15-,16-/m1/s1. The summed E-state index contributed by atoms with van der Waals surface area (Å²) >= 11 is 0. The van der Waals surface area contributed by atoms with Crippen LogP contribution in [0.2, 0.25) is 0 Å². The Balaban J connectivity index is 1.46. The van der Waals surface area contributed by atoms with Gasteiger partial charge in [0.2, 0.25) is 0 Å². The minimum absolute atomic E-state index is 0.0593. The molecule has 0 radical (unpaired) electrons. The van der Waals surface area contributed by atoms with E-state index in [1.165, 1.54) is 25.0 Å². The average Bonchev–Trinajstić information content (AvgIpc) is 2.91. The fourth-order valence-electron chi connectivity index (χ4n) is 3.92. The molecule has 2 heterocycles. The second kappa shape index (κ2) is 7.62. The predicted molar refractivity (Wildman–Crippen MR) is 93.6 cm³/mol. The first-order valence-corrected chi connectivity index (χ1v) is 9.07. The summed E-state index contributed by atoms with van der Waals surface area (Å²) in [6, 6.07) is 7.36. The quantitative estimate of drug-likeness (QED) is 0.847. The van der Waals surface area contributed by atoms with E-state index in [-0.39, 0.29) is 11.7 Å². The molecule has 2 fully saturated rings. The number of amides is 1. The molecule has 3 rings (SSSR count). The van der Waals surface area contributed by atoms with Crippen LogP contribution in [-0.2, 0) is 0 Å². The summed E-state index contributed by atoms with van der Waals surface area (Å²) in [7, 11) is 0. The third kappa shape index (κ3) is 3.95. The van der Waals surface area contributed by atoms with Crippen molar-refractivity contribution in [1.29, 1.82) is 0 Å². The zero-order valence-electron chi connectivity index (χ0n) is 14.7. The van der Waals surface area contributed by atoms with Crippen LogP contribution in [0.15, 0.2) is 24.3 Å². The van der Waals surface area contributed by atoms with Gasteiger partial charge >= 0.3 is 0 Å². The maximum Gasteiger partial charge on any atom is 0.254 e. The van der Waals surface area contributed by atoms with E-state index in [2.05, 4.69) is 23.6 Å². The van der Waals surface area contributed by atoms with E-state index >= 15 is 0 Å². The van der Waals surface area contributed by atoms with Gasteiger partial charge in [-0.3, -0.25) is 14.6 Å². The first-order valence-electron chi connectivity index (χ1n) is 9.07. The van der Waals surface area contributed by atoms with Crippen molar-refractivity contribution in [3.63, 3.8) is 0 Å². The van der Waals surface area contributed by atoms with Gasteiger partial charge in [0, 0.05) is 56.9 Å². The monoisotopic (exact) mass is 333 g/mol. The van der Waals surface area contributed by atoms with Gasteiger partial charge in [-0.25, -0.2) is 4.39 Å². The maximum atomic E-state index is 13.3. The molecule has 1 aromatic rings. The fourth-order valence-corrected chi connectivity index (χ4v) is 3.92. The second-order valence-corrected chi connectivity index (χ2v) is 7.16. The van der Waals surface area contributed by atoms with Crippen molar-refractivity contribution in [2.24, 2.45) is 0 Å². The number of hydrogen-bond acceptors (Lipinski definition) is 3. The minimum Gasteiger partial charge on any atom is -0.336 e. The van der Waals surface area contributed by atoms with Gasteiger partial charge in [0.15, 0.2) is 0 Å². The highest BCUT2D eigenvalue weighted by atomic mass is 19.1. The summed E-state index contributed by atoms with van der Waals surface area (Å²) in [4.78, 5) is 19.3. The Morgan fingerprint density at radius 2 is 1.75 bits per heavy atom. The molecule has 0 N–H and O–H groups in total. The molecule has 0 bridgehead atoms. The van der Waals surface area contributed by atoms with Crippen LogP contribution in [0, 0.1) is 5.82 Å². The molecule has 2 aliphatic heterocycles. The van der Waals surface area contributed by atoms with Crippen molar-refractivity contribution >= 4 is 5.91 Å². The number of halogens is 1. The van der Waals surface area contributed by atoms with Crippen LogP contribution in [0.1, 0.15) is 37.0 Å². The van der Waals surface area contributed by atoms with Gasteiger partial charge in [-0.05, 0) is 44.9 Å². The zero-order valence-corrected chi connectivity index (χ0v) is 14.7. The second-order valence-electron chi connectivity index (χ2n) is 7.16. The highest BCUT2D eigenvalue weighted by Gasteiger charge is 2.28. The summed E-state index contributed by atoms with van der Waals surface area (Å²) in [6.45, 7) is 10.1. The van der Waals surface area contributed by atoms with E-state index in [0.717, 1.165) is 39.3 Å². The van der Waals surface area contributed by atoms with Gasteiger partial charge in [0.25, 0.3) is 5.91 Å². The highest BCUT2D eigenvalue weighted by molar-refractivity contribution is 5.94. The molecule has 0 unspecified atom stereocenters. The van der Waals surface area contributed by atoms with Crippen molar-refractivity contribution in [3.05, 3.63) is 35.6 Å². The smallest absolute Gasteiger partial charge is 0.254 e. The number of rotatable bonds is 4. The Hall–Kier alpha value is -1.46. The molecule has 0 aromatic heterocycles. The van der Waals surface area contributed by atoms with Crippen molar-refractivity contribution in [1.82, 2.24) is 14.7 Å². The molecule has 132 valence electrons. The molecular weight excluding hydrogens is 305 g/mol. The molecular formula is C19H28FN3O. The van der Waals surface area contributed by atoms with Gasteiger partial charge in [0.05, 0.1) is 0 Å². The Labute approximate surface area is 144 Å². The Bertz CT molecular complexity index is 561. The van der Waals surface area contributed by atoms with Crippen molar-refractivity contribution in [2.75, 3.05) is 39.3 Å². The Morgan fingerprint density at radius 3 is 2.38 bits per heavy atom. The van der Waals surface area contributed by atoms with Crippen molar-refractivity contribution in [2.45, 2.75) is 38.8 Å². The van der Waals surface area contributed by atoms with Crippen LogP contribution in [0.3, 0.4) is 0 Å². The van der Waals surface area contributed by atoms with E-state index in [9.17, 15) is 9.18 Å². The number of benzene rings is 1. The lowest BCUT2D eigenvalue weighted by Gasteiger charge is -2.36. The largest absolute Gasteiger partial charge is 0.336 e. The number of carbonyl (C=O) groups excluding carboxylic acids is 1. The summed E-state index contributed by atoms with van der Waals surface area (Å²) in [5.41, 5.74) is 0.447. The first-order chi connectivity index (χ1) is 11.5. The normalized spacial score (nSPS) is 26.0. The molecule has 24 heavy (non-hydrogen) atoms. The third-order valence-corrected chi connectivity index (χ3v) is 5.54. The van der Waals surface area contributed by atoms with Gasteiger partial charge < -0.3 is 4.90 Å². The number of nitrogens with zero attached hydrogens (tertiary/aromatic N) is 3. The van der Waals surface area contributed by atoms with Crippen LogP contribution >= 0.6 is 0 Å². The van der Waals surface area contributed by atoms with Crippen LogP contribution in [0.5, 0.6) is 0 Å². The lowest BCUT2D eigenvalue weighted by atomic mass is 10.1. The SMILES string of the molecule is C[C@@H]1CC[C@@H](C)N1CCN1CCN(C(=O)c2cccc(F)c2)CC1. The number of likely N-dealkylation sites (tertiary alicyclic amines) is 1. The van der Waals surface area contributed by atoms with Crippen LogP contribution in [0.25, 0.3) is 0 Å². The number of hydrogen-bond donors (Lipinski definition) is 0. The van der Waals surface area contributed by atoms with Gasteiger partial charge in [0.1, 0.15) is 5.82 Å². The van der Waals surface area contributed by atoms with E-state index in [4.69, 9.17) is 0 Å². The van der Waals surface area contributed by atoms with Gasteiger partial charge in [-0.15, -0.1) is 0 Å². The van der Waals surface area contributed by atoms with Crippen LogP contribution in [-0.4, -0.2) is 72.0 Å². The van der Waals surface area contributed by atoms with Gasteiger partial charge in [-0.2, -0.15) is 0 Å². The molecule has 0 saturated carbocycles. The molecule has 2 atom stereocenters. The summed E-state index contributed by atoms with van der Waals surface area (Å²) in [5.74, 6) is -0.413. The molecule has 1 amide bonds. The van der Waals surface area contributed by atoms with Crippen LogP contribution in [0.4, 0.5) is 4.39 Å². The Kier molecular flexibility index (Phi) is 5.51. The fraction of sp³-hybridized carbons (Fsp3) is 0.632.